The molecule has 1 aromatic rings. The first-order valence-corrected chi connectivity index (χ1v) is 12.2. The Kier molecular flexibility index (Phi) is 10.1. The van der Waals surface area contributed by atoms with Crippen LogP contribution in [0.15, 0.2) is 30.3 Å². The van der Waals surface area contributed by atoms with Crippen LogP contribution in [0.1, 0.15) is 71.8 Å². The number of carboxylic acids is 1. The lowest BCUT2D eigenvalue weighted by molar-refractivity contribution is -0.140. The maximum atomic E-state index is 13.2. The second kappa shape index (κ2) is 12.6. The summed E-state index contributed by atoms with van der Waals surface area (Å²) in [6, 6.07) is 7.48. The van der Waals surface area contributed by atoms with Gasteiger partial charge in [-0.05, 0) is 51.5 Å². The zero-order valence-corrected chi connectivity index (χ0v) is 21.2. The Morgan fingerprint density at radius 1 is 1.00 bits per heavy atom. The number of nitrogens with one attached hydrogen (secondary N) is 3. The number of carboxylic acid groups (broad SMARTS) is 1. The molecule has 3 amide bonds. The fourth-order valence-electron chi connectivity index (χ4n) is 4.34. The van der Waals surface area contributed by atoms with E-state index in [4.69, 9.17) is 4.74 Å². The Bertz CT molecular complexity index is 875. The Morgan fingerprint density at radius 3 is 2.20 bits per heavy atom. The van der Waals surface area contributed by atoms with Gasteiger partial charge in [-0.15, -0.1) is 0 Å². The predicted molar refractivity (Wildman–Crippen MR) is 132 cm³/mol. The van der Waals surface area contributed by atoms with Crippen molar-refractivity contribution in [1.29, 1.82) is 0 Å². The highest BCUT2D eigenvalue weighted by atomic mass is 16.6. The van der Waals surface area contributed by atoms with E-state index in [2.05, 4.69) is 16.0 Å². The lowest BCUT2D eigenvalue weighted by atomic mass is 9.71. The molecular formula is C26H39N3O6. The number of hydrogen-bond donors (Lipinski definition) is 4. The molecule has 2 atom stereocenters. The average molecular weight is 490 g/mol. The van der Waals surface area contributed by atoms with Gasteiger partial charge in [-0.25, -0.2) is 4.79 Å². The van der Waals surface area contributed by atoms with E-state index in [1.165, 1.54) is 6.92 Å². The maximum Gasteiger partial charge on any atom is 0.408 e. The second-order valence-electron chi connectivity index (χ2n) is 10.5. The van der Waals surface area contributed by atoms with E-state index in [0.717, 1.165) is 37.7 Å². The lowest BCUT2D eigenvalue weighted by Crippen LogP contribution is -2.55. The molecular weight excluding hydrogens is 450 g/mol. The van der Waals surface area contributed by atoms with Gasteiger partial charge in [0.25, 0.3) is 0 Å². The van der Waals surface area contributed by atoms with Crippen molar-refractivity contribution in [2.45, 2.75) is 90.3 Å². The number of aliphatic carboxylic acids is 1. The fraction of sp³-hybridized carbons (Fsp3) is 0.615. The molecule has 0 aromatic heterocycles. The minimum atomic E-state index is -0.923. The summed E-state index contributed by atoms with van der Waals surface area (Å²) in [4.78, 5) is 49.5. The lowest BCUT2D eigenvalue weighted by Gasteiger charge is -2.36. The highest BCUT2D eigenvalue weighted by Gasteiger charge is 2.36. The molecule has 1 aromatic carbocycles. The summed E-state index contributed by atoms with van der Waals surface area (Å²) in [5.41, 5.74) is -0.327. The van der Waals surface area contributed by atoms with Gasteiger partial charge in [-0.1, -0.05) is 49.6 Å². The van der Waals surface area contributed by atoms with Crippen LogP contribution in [0.3, 0.4) is 0 Å². The molecule has 0 saturated heterocycles. The molecule has 9 nitrogen and oxygen atoms in total. The third kappa shape index (κ3) is 9.96. The van der Waals surface area contributed by atoms with Crippen LogP contribution in [0.5, 0.6) is 0 Å². The van der Waals surface area contributed by atoms with Crippen molar-refractivity contribution in [2.24, 2.45) is 5.41 Å². The predicted octanol–water partition coefficient (Wildman–Crippen LogP) is 3.17. The number of benzene rings is 1. The van der Waals surface area contributed by atoms with E-state index in [0.29, 0.717) is 0 Å². The van der Waals surface area contributed by atoms with Crippen LogP contribution in [0.4, 0.5) is 4.79 Å². The molecule has 1 aliphatic carbocycles. The Labute approximate surface area is 207 Å². The number of alkyl carbamates (subject to hydrolysis) is 1. The van der Waals surface area contributed by atoms with Gasteiger partial charge in [0, 0.05) is 13.0 Å². The first-order chi connectivity index (χ1) is 16.4. The maximum absolute atomic E-state index is 13.2. The van der Waals surface area contributed by atoms with E-state index in [1.54, 1.807) is 20.8 Å². The number of ether oxygens (including phenoxy) is 1. The van der Waals surface area contributed by atoms with E-state index in [-0.39, 0.29) is 25.3 Å². The van der Waals surface area contributed by atoms with Gasteiger partial charge in [-0.2, -0.15) is 0 Å². The summed E-state index contributed by atoms with van der Waals surface area (Å²) in [6.45, 7) is 6.93. The third-order valence-electron chi connectivity index (χ3n) is 6.12. The van der Waals surface area contributed by atoms with Crippen LogP contribution in [-0.4, -0.2) is 53.2 Å². The fourth-order valence-corrected chi connectivity index (χ4v) is 4.34. The van der Waals surface area contributed by atoms with Crippen LogP contribution in [0.2, 0.25) is 0 Å². The summed E-state index contributed by atoms with van der Waals surface area (Å²) in [7, 11) is 0. The summed E-state index contributed by atoms with van der Waals surface area (Å²) < 4.78 is 5.20. The first-order valence-electron chi connectivity index (χ1n) is 12.2. The largest absolute Gasteiger partial charge is 0.481 e. The second-order valence-corrected chi connectivity index (χ2v) is 10.5. The van der Waals surface area contributed by atoms with Gasteiger partial charge in [0.15, 0.2) is 0 Å². The minimum absolute atomic E-state index is 0.000165. The Hall–Kier alpha value is -3.10. The van der Waals surface area contributed by atoms with Gasteiger partial charge in [0.05, 0.1) is 6.42 Å². The molecule has 0 bridgehead atoms. The standard InChI is InChI=1S/C26H39N3O6/c1-18(28-24(34)35-25(2,3)4)22(32)29-20(15-19-11-7-5-8-12-19)23(33)27-17-26(16-21(30)31)13-9-6-10-14-26/h5,7-8,11-12,18,20H,6,9-10,13-17H2,1-4H3,(H,27,33)(H,28,34)(H,29,32)(H,30,31)/t18-,20-/m0/s1. The van der Waals surface area contributed by atoms with Crippen molar-refractivity contribution in [1.82, 2.24) is 16.0 Å². The molecule has 0 heterocycles. The van der Waals surface area contributed by atoms with Crippen molar-refractivity contribution in [3.8, 4) is 0 Å². The zero-order chi connectivity index (χ0) is 26.1. The van der Waals surface area contributed by atoms with Crippen molar-refractivity contribution < 1.29 is 29.0 Å². The van der Waals surface area contributed by atoms with Crippen LogP contribution in [0, 0.1) is 5.41 Å². The number of carbonyl (C=O) groups is 4. The number of rotatable bonds is 10. The van der Waals surface area contributed by atoms with Crippen molar-refractivity contribution >= 4 is 23.9 Å². The summed E-state index contributed by atoms with van der Waals surface area (Å²) >= 11 is 0. The summed E-state index contributed by atoms with van der Waals surface area (Å²) in [5, 5.41) is 17.5. The number of carbonyl (C=O) groups excluding carboxylic acids is 3. The van der Waals surface area contributed by atoms with Gasteiger partial charge in [-0.3, -0.25) is 14.4 Å². The molecule has 0 unspecified atom stereocenters. The third-order valence-corrected chi connectivity index (χ3v) is 6.12. The molecule has 194 valence electrons. The molecule has 35 heavy (non-hydrogen) atoms. The summed E-state index contributed by atoms with van der Waals surface area (Å²) in [6.07, 6.45) is 3.94. The Morgan fingerprint density at radius 2 is 1.63 bits per heavy atom. The molecule has 0 aliphatic heterocycles. The molecule has 2 rings (SSSR count). The normalized spacial score (nSPS) is 16.9. The molecule has 4 N–H and O–H groups in total. The quantitative estimate of drug-likeness (QED) is 0.399. The van der Waals surface area contributed by atoms with E-state index < -0.39 is 41.1 Å². The molecule has 1 aliphatic rings. The van der Waals surface area contributed by atoms with Crippen molar-refractivity contribution in [3.63, 3.8) is 0 Å². The number of amides is 3. The van der Waals surface area contributed by atoms with Gasteiger partial charge >= 0.3 is 12.1 Å². The van der Waals surface area contributed by atoms with Gasteiger partial charge in [0.2, 0.25) is 11.8 Å². The molecule has 0 spiro atoms. The summed E-state index contributed by atoms with van der Waals surface area (Å²) in [5.74, 6) is -1.79. The van der Waals surface area contributed by atoms with Crippen molar-refractivity contribution in [3.05, 3.63) is 35.9 Å². The van der Waals surface area contributed by atoms with Crippen LogP contribution < -0.4 is 16.0 Å². The molecule has 9 heteroatoms. The SMILES string of the molecule is C[C@H](NC(=O)OC(C)(C)C)C(=O)N[C@@H](Cc1ccccc1)C(=O)NCC1(CC(=O)O)CCCCC1. The van der Waals surface area contributed by atoms with E-state index >= 15 is 0 Å². The van der Waals surface area contributed by atoms with Crippen LogP contribution in [0.25, 0.3) is 0 Å². The van der Waals surface area contributed by atoms with Crippen LogP contribution >= 0.6 is 0 Å². The van der Waals surface area contributed by atoms with Gasteiger partial charge < -0.3 is 25.8 Å². The zero-order valence-electron chi connectivity index (χ0n) is 21.2. The van der Waals surface area contributed by atoms with Crippen molar-refractivity contribution in [2.75, 3.05) is 6.54 Å². The highest BCUT2D eigenvalue weighted by Crippen LogP contribution is 2.38. The van der Waals surface area contributed by atoms with E-state index in [9.17, 15) is 24.3 Å². The smallest absolute Gasteiger partial charge is 0.408 e. The van der Waals surface area contributed by atoms with Crippen LogP contribution in [-0.2, 0) is 25.5 Å². The molecule has 1 saturated carbocycles. The first kappa shape index (κ1) is 28.1. The molecule has 0 radical (unpaired) electrons. The Balaban J connectivity index is 2.08. The molecule has 1 fully saturated rings. The number of hydrogen-bond acceptors (Lipinski definition) is 5. The average Bonchev–Trinajstić information content (AvgIpc) is 2.76. The monoisotopic (exact) mass is 489 g/mol. The van der Waals surface area contributed by atoms with Gasteiger partial charge in [0.1, 0.15) is 17.7 Å². The van der Waals surface area contributed by atoms with E-state index in [1.807, 2.05) is 30.3 Å². The minimum Gasteiger partial charge on any atom is -0.481 e. The topological polar surface area (TPSA) is 134 Å². The highest BCUT2D eigenvalue weighted by molar-refractivity contribution is 5.91.